The van der Waals surface area contributed by atoms with Crippen molar-refractivity contribution in [1.82, 2.24) is 0 Å². The molecule has 1 aromatic carbocycles. The van der Waals surface area contributed by atoms with Crippen LogP contribution < -0.4 is 5.30 Å². The zero-order chi connectivity index (χ0) is 13.8. The van der Waals surface area contributed by atoms with Gasteiger partial charge in [-0.2, -0.15) is 0 Å². The molecule has 0 bridgehead atoms. The van der Waals surface area contributed by atoms with E-state index in [9.17, 15) is 14.2 Å². The van der Waals surface area contributed by atoms with Crippen molar-refractivity contribution in [1.29, 1.82) is 0 Å². The minimum Gasteiger partial charge on any atom is -0.468 e. The first kappa shape index (κ1) is 14.6. The normalized spacial score (nSPS) is 15.5. The molecule has 0 N–H and O–H groups in total. The molecule has 0 spiro atoms. The number of hydrogen-bond donors (Lipinski definition) is 0. The number of esters is 1. The topological polar surface area (TPSA) is 69.7 Å². The molecule has 0 aromatic heterocycles. The molecule has 0 radical (unpaired) electrons. The molecule has 0 amide bonds. The van der Waals surface area contributed by atoms with Crippen molar-refractivity contribution in [2.75, 3.05) is 14.2 Å². The van der Waals surface area contributed by atoms with Crippen LogP contribution in [0.3, 0.4) is 0 Å². The SMILES string of the molecule is COC(=O)C(C(C)=O)P(=O)(OC)c1ccccc1. The van der Waals surface area contributed by atoms with Gasteiger partial charge in [-0.15, -0.1) is 0 Å². The average molecular weight is 270 g/mol. The fraction of sp³-hybridized carbons (Fsp3) is 0.333. The maximum Gasteiger partial charge on any atom is 0.326 e. The fourth-order valence-electron chi connectivity index (χ4n) is 1.65. The largest absolute Gasteiger partial charge is 0.468 e. The highest BCUT2D eigenvalue weighted by atomic mass is 31.2. The van der Waals surface area contributed by atoms with Gasteiger partial charge in [-0.05, 0) is 19.1 Å². The van der Waals surface area contributed by atoms with Gasteiger partial charge in [0.2, 0.25) is 0 Å². The highest BCUT2D eigenvalue weighted by molar-refractivity contribution is 7.69. The molecule has 1 aromatic rings. The van der Waals surface area contributed by atoms with Crippen LogP contribution in [-0.2, 0) is 23.4 Å². The van der Waals surface area contributed by atoms with Gasteiger partial charge in [0.05, 0.1) is 7.11 Å². The molecule has 2 unspecified atom stereocenters. The van der Waals surface area contributed by atoms with Gasteiger partial charge in [-0.3, -0.25) is 14.2 Å². The van der Waals surface area contributed by atoms with E-state index in [0.29, 0.717) is 5.30 Å². The molecule has 0 heterocycles. The zero-order valence-electron chi connectivity index (χ0n) is 10.5. The molecule has 0 aliphatic heterocycles. The summed E-state index contributed by atoms with van der Waals surface area (Å²) < 4.78 is 22.3. The lowest BCUT2D eigenvalue weighted by Crippen LogP contribution is -2.33. The summed E-state index contributed by atoms with van der Waals surface area (Å²) in [4.78, 5) is 23.2. The van der Waals surface area contributed by atoms with Gasteiger partial charge >= 0.3 is 5.97 Å². The Morgan fingerprint density at radius 1 is 1.17 bits per heavy atom. The van der Waals surface area contributed by atoms with Gasteiger partial charge in [0.15, 0.2) is 11.4 Å². The Balaban J connectivity index is 3.33. The number of benzene rings is 1. The summed E-state index contributed by atoms with van der Waals surface area (Å²) >= 11 is 0. The van der Waals surface area contributed by atoms with Crippen LogP contribution in [0.5, 0.6) is 0 Å². The quantitative estimate of drug-likeness (QED) is 0.459. The van der Waals surface area contributed by atoms with Crippen LogP contribution >= 0.6 is 7.37 Å². The molecule has 1 rings (SSSR count). The predicted octanol–water partition coefficient (Wildman–Crippen LogP) is 1.37. The molecule has 18 heavy (non-hydrogen) atoms. The molecule has 0 fully saturated rings. The minimum absolute atomic E-state index is 0.318. The van der Waals surface area contributed by atoms with Crippen molar-refractivity contribution in [3.8, 4) is 0 Å². The number of methoxy groups -OCH3 is 1. The van der Waals surface area contributed by atoms with Crippen LogP contribution in [0.1, 0.15) is 6.92 Å². The molecule has 0 saturated carbocycles. The lowest BCUT2D eigenvalue weighted by Gasteiger charge is -2.22. The van der Waals surface area contributed by atoms with Crippen molar-refractivity contribution in [3.63, 3.8) is 0 Å². The molecule has 0 aliphatic rings. The third-order valence-corrected chi connectivity index (χ3v) is 5.35. The van der Waals surface area contributed by atoms with Crippen LogP contribution in [0.2, 0.25) is 0 Å². The Labute approximate surface area is 106 Å². The average Bonchev–Trinajstić information content (AvgIpc) is 2.39. The van der Waals surface area contributed by atoms with Crippen molar-refractivity contribution >= 4 is 24.4 Å². The van der Waals surface area contributed by atoms with Gasteiger partial charge in [-0.1, -0.05) is 18.2 Å². The Hall–Kier alpha value is -1.45. The third-order valence-electron chi connectivity index (χ3n) is 2.54. The second-order valence-corrected chi connectivity index (χ2v) is 6.24. The van der Waals surface area contributed by atoms with Crippen molar-refractivity contribution in [3.05, 3.63) is 30.3 Å². The number of carbonyl (C=O) groups is 2. The maximum atomic E-state index is 12.8. The Kier molecular flexibility index (Phi) is 4.82. The van der Waals surface area contributed by atoms with Crippen LogP contribution in [0.4, 0.5) is 0 Å². The number of Topliss-reactive ketones (excluding diaryl/α,β-unsaturated/α-hetero) is 1. The Bertz CT molecular complexity index is 483. The summed E-state index contributed by atoms with van der Waals surface area (Å²) in [5.41, 5.74) is -1.42. The molecular weight excluding hydrogens is 255 g/mol. The van der Waals surface area contributed by atoms with E-state index in [1.807, 2.05) is 0 Å². The van der Waals surface area contributed by atoms with Crippen molar-refractivity contribution in [2.24, 2.45) is 0 Å². The van der Waals surface area contributed by atoms with Gasteiger partial charge in [0, 0.05) is 12.4 Å². The van der Waals surface area contributed by atoms with E-state index in [-0.39, 0.29) is 0 Å². The van der Waals surface area contributed by atoms with E-state index < -0.39 is 24.8 Å². The lowest BCUT2D eigenvalue weighted by atomic mass is 10.3. The second kappa shape index (κ2) is 5.94. The molecule has 5 nitrogen and oxygen atoms in total. The molecule has 6 heteroatoms. The van der Waals surface area contributed by atoms with E-state index in [2.05, 4.69) is 4.74 Å². The summed E-state index contributed by atoms with van der Waals surface area (Å²) in [6.45, 7) is 1.19. The summed E-state index contributed by atoms with van der Waals surface area (Å²) in [5.74, 6) is -1.40. The Morgan fingerprint density at radius 3 is 2.11 bits per heavy atom. The predicted molar refractivity (Wildman–Crippen MR) is 67.2 cm³/mol. The van der Waals surface area contributed by atoms with E-state index in [1.165, 1.54) is 14.0 Å². The zero-order valence-corrected chi connectivity index (χ0v) is 11.3. The third kappa shape index (κ3) is 2.68. The minimum atomic E-state index is -3.62. The van der Waals surface area contributed by atoms with Gasteiger partial charge < -0.3 is 9.26 Å². The summed E-state index contributed by atoms with van der Waals surface area (Å²) in [6.07, 6.45) is 0. The summed E-state index contributed by atoms with van der Waals surface area (Å²) in [6, 6.07) is 8.18. The first-order chi connectivity index (χ1) is 8.47. The molecule has 0 aliphatic carbocycles. The summed E-state index contributed by atoms with van der Waals surface area (Å²) in [7, 11) is -1.26. The number of hydrogen-bond acceptors (Lipinski definition) is 5. The van der Waals surface area contributed by atoms with Gasteiger partial charge in [0.25, 0.3) is 7.37 Å². The molecule has 2 atom stereocenters. The monoisotopic (exact) mass is 270 g/mol. The molecular formula is C12H15O5P. The fourth-order valence-corrected chi connectivity index (χ4v) is 3.82. The van der Waals surface area contributed by atoms with E-state index in [0.717, 1.165) is 7.11 Å². The number of ether oxygens (including phenoxy) is 1. The van der Waals surface area contributed by atoms with Crippen molar-refractivity contribution < 1.29 is 23.4 Å². The first-order valence-electron chi connectivity index (χ1n) is 5.26. The van der Waals surface area contributed by atoms with Crippen LogP contribution in [-0.4, -0.2) is 31.6 Å². The second-order valence-electron chi connectivity index (χ2n) is 3.65. The van der Waals surface area contributed by atoms with Gasteiger partial charge in [-0.25, -0.2) is 0 Å². The van der Waals surface area contributed by atoms with E-state index >= 15 is 0 Å². The Morgan fingerprint density at radius 2 is 1.72 bits per heavy atom. The van der Waals surface area contributed by atoms with Crippen LogP contribution in [0.25, 0.3) is 0 Å². The van der Waals surface area contributed by atoms with Gasteiger partial charge in [0.1, 0.15) is 0 Å². The van der Waals surface area contributed by atoms with E-state index in [4.69, 9.17) is 4.52 Å². The number of ketones is 1. The van der Waals surface area contributed by atoms with Crippen LogP contribution in [0, 0.1) is 0 Å². The lowest BCUT2D eigenvalue weighted by molar-refractivity contribution is -0.142. The molecule has 98 valence electrons. The number of rotatable bonds is 5. The first-order valence-corrected chi connectivity index (χ1v) is 6.96. The highest BCUT2D eigenvalue weighted by Gasteiger charge is 2.44. The standard InChI is InChI=1S/C12H15O5P/c1-9(13)11(12(14)16-2)18(15,17-3)10-7-5-4-6-8-10/h4-8,11H,1-3H3. The van der Waals surface area contributed by atoms with Crippen LogP contribution in [0.15, 0.2) is 30.3 Å². The molecule has 0 saturated heterocycles. The summed E-state index contributed by atoms with van der Waals surface area (Å²) in [5, 5.41) is 0.318. The van der Waals surface area contributed by atoms with Crippen molar-refractivity contribution in [2.45, 2.75) is 12.6 Å². The maximum absolute atomic E-state index is 12.8. The highest BCUT2D eigenvalue weighted by Crippen LogP contribution is 2.50. The smallest absolute Gasteiger partial charge is 0.326 e. The van der Waals surface area contributed by atoms with E-state index in [1.54, 1.807) is 30.3 Å². The number of carbonyl (C=O) groups excluding carboxylic acids is 2.